The molecule has 5 heteroatoms. The molecule has 0 radical (unpaired) electrons. The average molecular weight is 341 g/mol. The monoisotopic (exact) mass is 340 g/mol. The Morgan fingerprint density at radius 3 is 2.21 bits per heavy atom. The molecule has 100 valence electrons. The van der Waals surface area contributed by atoms with Crippen LogP contribution in [-0.2, 0) is 10.1 Å². The summed E-state index contributed by atoms with van der Waals surface area (Å²) < 4.78 is 30.2. The fraction of sp³-hybridized carbons (Fsp3) is 0.143. The van der Waals surface area contributed by atoms with E-state index in [-0.39, 0.29) is 4.90 Å². The van der Waals surface area contributed by atoms with Crippen LogP contribution in [0.2, 0.25) is 0 Å². The van der Waals surface area contributed by atoms with Crippen LogP contribution in [0.3, 0.4) is 0 Å². The van der Waals surface area contributed by atoms with E-state index in [1.54, 1.807) is 36.4 Å². The minimum Gasteiger partial charge on any atom is -0.379 e. The number of hydrogen-bond acceptors (Lipinski definition) is 3. The van der Waals surface area contributed by atoms with Crippen molar-refractivity contribution in [2.45, 2.75) is 18.7 Å². The fourth-order valence-electron chi connectivity index (χ4n) is 1.54. The first-order valence-corrected chi connectivity index (χ1v) is 7.86. The summed E-state index contributed by atoms with van der Waals surface area (Å²) >= 11 is 3.34. The van der Waals surface area contributed by atoms with Crippen molar-refractivity contribution in [3.05, 3.63) is 58.1 Å². The lowest BCUT2D eigenvalue weighted by Crippen LogP contribution is -2.09. The molecule has 0 saturated carbocycles. The molecule has 0 N–H and O–H groups in total. The molecule has 0 saturated heterocycles. The third-order valence-electron chi connectivity index (χ3n) is 2.65. The van der Waals surface area contributed by atoms with Gasteiger partial charge in [0.25, 0.3) is 0 Å². The van der Waals surface area contributed by atoms with Crippen LogP contribution in [-0.4, -0.2) is 8.42 Å². The molecule has 2 aromatic carbocycles. The molecular formula is C14H13BrO3S. The summed E-state index contributed by atoms with van der Waals surface area (Å²) in [4.78, 5) is 0.147. The van der Waals surface area contributed by atoms with E-state index >= 15 is 0 Å². The summed E-state index contributed by atoms with van der Waals surface area (Å²) in [6, 6.07) is 11.7. The Balaban J connectivity index is 2.32. The van der Waals surface area contributed by atoms with Gasteiger partial charge in [-0.2, -0.15) is 8.42 Å². The molecule has 0 heterocycles. The highest BCUT2D eigenvalue weighted by molar-refractivity contribution is 9.10. The third kappa shape index (κ3) is 3.36. The van der Waals surface area contributed by atoms with Crippen LogP contribution in [0.25, 0.3) is 0 Å². The Hall–Kier alpha value is -1.33. The minimum absolute atomic E-state index is 0.147. The lowest BCUT2D eigenvalue weighted by atomic mass is 10.2. The second kappa shape index (κ2) is 5.35. The van der Waals surface area contributed by atoms with Crippen LogP contribution in [0.1, 0.15) is 11.1 Å². The largest absolute Gasteiger partial charge is 0.379 e. The molecule has 2 aromatic rings. The number of aryl methyl sites for hydroxylation is 2. The predicted octanol–water partition coefficient (Wildman–Crippen LogP) is 3.83. The Bertz CT molecular complexity index is 691. The van der Waals surface area contributed by atoms with Gasteiger partial charge in [-0.15, -0.1) is 0 Å². The Labute approximate surface area is 121 Å². The molecule has 0 spiro atoms. The van der Waals surface area contributed by atoms with Crippen LogP contribution < -0.4 is 4.18 Å². The van der Waals surface area contributed by atoms with Gasteiger partial charge in [0.2, 0.25) is 0 Å². The Morgan fingerprint density at radius 2 is 1.63 bits per heavy atom. The quantitative estimate of drug-likeness (QED) is 0.797. The first-order valence-electron chi connectivity index (χ1n) is 5.66. The van der Waals surface area contributed by atoms with E-state index in [1.807, 2.05) is 13.8 Å². The second-order valence-electron chi connectivity index (χ2n) is 4.26. The lowest BCUT2D eigenvalue weighted by Gasteiger charge is -2.08. The first-order chi connectivity index (χ1) is 8.88. The number of hydrogen-bond donors (Lipinski definition) is 0. The summed E-state index contributed by atoms with van der Waals surface area (Å²) in [7, 11) is -3.79. The molecule has 0 aromatic heterocycles. The fourth-order valence-corrected chi connectivity index (χ4v) is 2.80. The van der Waals surface area contributed by atoms with Gasteiger partial charge in [-0.3, -0.25) is 0 Å². The molecular weight excluding hydrogens is 328 g/mol. The van der Waals surface area contributed by atoms with Crippen molar-refractivity contribution >= 4 is 26.0 Å². The van der Waals surface area contributed by atoms with E-state index in [9.17, 15) is 8.42 Å². The van der Waals surface area contributed by atoms with Gasteiger partial charge in [-0.1, -0.05) is 33.6 Å². The zero-order valence-electron chi connectivity index (χ0n) is 10.6. The van der Waals surface area contributed by atoms with Crippen LogP contribution in [0, 0.1) is 13.8 Å². The molecule has 0 unspecified atom stereocenters. The predicted molar refractivity (Wildman–Crippen MR) is 77.9 cm³/mol. The molecule has 0 fully saturated rings. The van der Waals surface area contributed by atoms with E-state index in [4.69, 9.17) is 4.18 Å². The SMILES string of the molecule is Cc1ccc(OS(=O)(=O)c2ccc(Br)c(C)c2)cc1. The highest BCUT2D eigenvalue weighted by Crippen LogP contribution is 2.23. The highest BCUT2D eigenvalue weighted by atomic mass is 79.9. The van der Waals surface area contributed by atoms with E-state index in [0.29, 0.717) is 5.75 Å². The molecule has 0 aliphatic heterocycles. The molecule has 3 nitrogen and oxygen atoms in total. The average Bonchev–Trinajstić information content (AvgIpc) is 2.35. The highest BCUT2D eigenvalue weighted by Gasteiger charge is 2.17. The molecule has 2 rings (SSSR count). The molecule has 0 aliphatic carbocycles. The molecule has 19 heavy (non-hydrogen) atoms. The maximum absolute atomic E-state index is 12.1. The number of rotatable bonds is 3. The standard InChI is InChI=1S/C14H13BrO3S/c1-10-3-5-12(6-4-10)18-19(16,17)13-7-8-14(15)11(2)9-13/h3-9H,1-2H3. The van der Waals surface area contributed by atoms with Crippen LogP contribution in [0.4, 0.5) is 0 Å². The van der Waals surface area contributed by atoms with Gasteiger partial charge in [0.1, 0.15) is 10.6 Å². The zero-order valence-corrected chi connectivity index (χ0v) is 13.0. The summed E-state index contributed by atoms with van der Waals surface area (Å²) in [5.41, 5.74) is 1.89. The Morgan fingerprint density at radius 1 is 1.00 bits per heavy atom. The maximum atomic E-state index is 12.1. The summed E-state index contributed by atoms with van der Waals surface area (Å²) in [5, 5.41) is 0. The van der Waals surface area contributed by atoms with Crippen molar-refractivity contribution in [3.63, 3.8) is 0 Å². The van der Waals surface area contributed by atoms with E-state index in [0.717, 1.165) is 15.6 Å². The molecule has 0 atom stereocenters. The van der Waals surface area contributed by atoms with Crippen molar-refractivity contribution in [1.29, 1.82) is 0 Å². The normalized spacial score (nSPS) is 11.3. The lowest BCUT2D eigenvalue weighted by molar-refractivity contribution is 0.486. The van der Waals surface area contributed by atoms with Gasteiger partial charge < -0.3 is 4.18 Å². The topological polar surface area (TPSA) is 43.4 Å². The Kier molecular flexibility index (Phi) is 3.96. The van der Waals surface area contributed by atoms with Crippen LogP contribution in [0.5, 0.6) is 5.75 Å². The van der Waals surface area contributed by atoms with Gasteiger partial charge in [0.15, 0.2) is 0 Å². The van der Waals surface area contributed by atoms with Crippen LogP contribution in [0.15, 0.2) is 51.8 Å². The van der Waals surface area contributed by atoms with Crippen molar-refractivity contribution in [2.24, 2.45) is 0 Å². The zero-order chi connectivity index (χ0) is 14.0. The van der Waals surface area contributed by atoms with Gasteiger partial charge >= 0.3 is 10.1 Å². The molecule has 0 amide bonds. The first kappa shape index (κ1) is 14.1. The van der Waals surface area contributed by atoms with Gasteiger partial charge in [0.05, 0.1) is 0 Å². The van der Waals surface area contributed by atoms with Crippen LogP contribution >= 0.6 is 15.9 Å². The van der Waals surface area contributed by atoms with Crippen molar-refractivity contribution in [1.82, 2.24) is 0 Å². The van der Waals surface area contributed by atoms with Crippen molar-refractivity contribution < 1.29 is 12.6 Å². The van der Waals surface area contributed by atoms with Gasteiger partial charge in [0, 0.05) is 4.47 Å². The summed E-state index contributed by atoms with van der Waals surface area (Å²) in [6.45, 7) is 3.76. The third-order valence-corrected chi connectivity index (χ3v) is 4.78. The summed E-state index contributed by atoms with van der Waals surface area (Å²) in [5.74, 6) is 0.311. The van der Waals surface area contributed by atoms with E-state index < -0.39 is 10.1 Å². The van der Waals surface area contributed by atoms with E-state index in [2.05, 4.69) is 15.9 Å². The summed E-state index contributed by atoms with van der Waals surface area (Å²) in [6.07, 6.45) is 0. The smallest absolute Gasteiger partial charge is 0.339 e. The second-order valence-corrected chi connectivity index (χ2v) is 6.66. The van der Waals surface area contributed by atoms with Gasteiger partial charge in [-0.25, -0.2) is 0 Å². The molecule has 0 bridgehead atoms. The van der Waals surface area contributed by atoms with Crippen molar-refractivity contribution in [2.75, 3.05) is 0 Å². The maximum Gasteiger partial charge on any atom is 0.339 e. The number of halogens is 1. The number of benzene rings is 2. The van der Waals surface area contributed by atoms with Crippen molar-refractivity contribution in [3.8, 4) is 5.75 Å². The van der Waals surface area contributed by atoms with E-state index in [1.165, 1.54) is 6.07 Å². The van der Waals surface area contributed by atoms with Gasteiger partial charge in [-0.05, 0) is 49.7 Å². The molecule has 0 aliphatic rings. The minimum atomic E-state index is -3.79.